The minimum Gasteiger partial charge on any atom is -0.444 e. The van der Waals surface area contributed by atoms with Crippen molar-refractivity contribution in [3.05, 3.63) is 54.1 Å². The van der Waals surface area contributed by atoms with Gasteiger partial charge in [0.1, 0.15) is 11.6 Å². The molecule has 1 atom stereocenters. The van der Waals surface area contributed by atoms with Gasteiger partial charge in [0, 0.05) is 18.8 Å². The van der Waals surface area contributed by atoms with Gasteiger partial charge in [0.2, 0.25) is 5.91 Å². The highest BCUT2D eigenvalue weighted by Gasteiger charge is 2.33. The molecule has 2 aromatic rings. The van der Waals surface area contributed by atoms with Gasteiger partial charge in [-0.1, -0.05) is 17.7 Å². The number of carbonyl (C=O) groups is 2. The van der Waals surface area contributed by atoms with Crippen molar-refractivity contribution in [2.45, 2.75) is 51.2 Å². The number of hydrogen-bond acceptors (Lipinski definition) is 6. The Balaban J connectivity index is 2.40. The molecule has 0 aliphatic heterocycles. The predicted molar refractivity (Wildman–Crippen MR) is 129 cm³/mol. The Labute approximate surface area is 195 Å². The maximum atomic E-state index is 13.5. The minimum atomic E-state index is -4.07. The number of nitrogens with two attached hydrogens (primary N) is 1. The third-order valence-electron chi connectivity index (χ3n) is 4.52. The van der Waals surface area contributed by atoms with Crippen LogP contribution >= 0.6 is 0 Å². The lowest BCUT2D eigenvalue weighted by atomic mass is 10.2. The Kier molecular flexibility index (Phi) is 8.45. The second-order valence-corrected chi connectivity index (χ2v) is 10.4. The van der Waals surface area contributed by atoms with Crippen LogP contribution in [-0.4, -0.2) is 45.2 Å². The summed E-state index contributed by atoms with van der Waals surface area (Å²) in [5, 5.41) is 5.23. The third kappa shape index (κ3) is 7.19. The number of amides is 2. The van der Waals surface area contributed by atoms with Gasteiger partial charge in [-0.25, -0.2) is 13.2 Å². The molecule has 10 heteroatoms. The summed E-state index contributed by atoms with van der Waals surface area (Å²) in [6.45, 7) is 9.06. The van der Waals surface area contributed by atoms with Crippen molar-refractivity contribution in [2.75, 3.05) is 22.7 Å². The molecule has 0 saturated heterocycles. The van der Waals surface area contributed by atoms with Crippen LogP contribution in [-0.2, 0) is 19.6 Å². The second-order valence-electron chi connectivity index (χ2n) is 8.54. The van der Waals surface area contributed by atoms with Crippen molar-refractivity contribution in [1.29, 1.82) is 0 Å². The SMILES string of the molecule is Cc1ccc(S(=O)(=O)N(c2ccc(NC(=O)OC(C)(C)C)cc2)[C@@H](C)C(=O)NCCN)cc1. The minimum absolute atomic E-state index is 0.0579. The fourth-order valence-electron chi connectivity index (χ4n) is 2.96. The average Bonchev–Trinajstić information content (AvgIpc) is 2.72. The van der Waals surface area contributed by atoms with Crippen LogP contribution in [0.2, 0.25) is 0 Å². The van der Waals surface area contributed by atoms with E-state index >= 15 is 0 Å². The van der Waals surface area contributed by atoms with E-state index in [-0.39, 0.29) is 23.7 Å². The molecule has 33 heavy (non-hydrogen) atoms. The van der Waals surface area contributed by atoms with Crippen LogP contribution in [0.5, 0.6) is 0 Å². The molecular formula is C23H32N4O5S. The molecule has 180 valence electrons. The van der Waals surface area contributed by atoms with Gasteiger partial charge in [0.05, 0.1) is 10.6 Å². The first-order valence-electron chi connectivity index (χ1n) is 10.5. The largest absolute Gasteiger partial charge is 0.444 e. The molecule has 4 N–H and O–H groups in total. The van der Waals surface area contributed by atoms with Crippen LogP contribution < -0.4 is 20.7 Å². The topological polar surface area (TPSA) is 131 Å². The lowest BCUT2D eigenvalue weighted by molar-refractivity contribution is -0.121. The van der Waals surface area contributed by atoms with Crippen molar-refractivity contribution in [2.24, 2.45) is 5.73 Å². The van der Waals surface area contributed by atoms with Crippen LogP contribution in [0.25, 0.3) is 0 Å². The zero-order valence-electron chi connectivity index (χ0n) is 19.6. The van der Waals surface area contributed by atoms with Gasteiger partial charge < -0.3 is 15.8 Å². The smallest absolute Gasteiger partial charge is 0.412 e. The summed E-state index contributed by atoms with van der Waals surface area (Å²) in [5.41, 5.74) is 6.39. The highest BCUT2D eigenvalue weighted by atomic mass is 32.2. The molecule has 2 amide bonds. The summed E-state index contributed by atoms with van der Waals surface area (Å²) in [6.07, 6.45) is -0.631. The summed E-state index contributed by atoms with van der Waals surface area (Å²) < 4.78 is 33.3. The van der Waals surface area contributed by atoms with Gasteiger partial charge >= 0.3 is 6.09 Å². The third-order valence-corrected chi connectivity index (χ3v) is 6.43. The van der Waals surface area contributed by atoms with E-state index in [9.17, 15) is 18.0 Å². The first kappa shape index (κ1) is 26.1. The van der Waals surface area contributed by atoms with Crippen molar-refractivity contribution < 1.29 is 22.7 Å². The van der Waals surface area contributed by atoms with Crippen LogP contribution in [0.3, 0.4) is 0 Å². The van der Waals surface area contributed by atoms with E-state index in [1.165, 1.54) is 31.2 Å². The van der Waals surface area contributed by atoms with Crippen LogP contribution in [0, 0.1) is 6.92 Å². The zero-order chi connectivity index (χ0) is 24.8. The van der Waals surface area contributed by atoms with E-state index in [0.717, 1.165) is 9.87 Å². The number of anilines is 2. The maximum absolute atomic E-state index is 13.5. The molecule has 0 aliphatic carbocycles. The monoisotopic (exact) mass is 476 g/mol. The number of nitrogens with zero attached hydrogens (tertiary/aromatic N) is 1. The summed E-state index contributed by atoms with van der Waals surface area (Å²) in [5.74, 6) is -0.480. The number of aryl methyl sites for hydroxylation is 1. The Morgan fingerprint density at radius 2 is 1.64 bits per heavy atom. The number of carbonyl (C=O) groups excluding carboxylic acids is 2. The summed E-state index contributed by atoms with van der Waals surface area (Å²) in [4.78, 5) is 24.7. The summed E-state index contributed by atoms with van der Waals surface area (Å²) in [6, 6.07) is 11.5. The number of ether oxygens (including phenoxy) is 1. The molecule has 0 bridgehead atoms. The molecule has 0 saturated carbocycles. The van der Waals surface area contributed by atoms with Gasteiger partial charge in [0.15, 0.2) is 0 Å². The van der Waals surface area contributed by atoms with Crippen molar-refractivity contribution >= 4 is 33.4 Å². The van der Waals surface area contributed by atoms with Crippen molar-refractivity contribution in [1.82, 2.24) is 5.32 Å². The Hall–Kier alpha value is -3.11. The van der Waals surface area contributed by atoms with Crippen molar-refractivity contribution in [3.63, 3.8) is 0 Å². The molecule has 0 fully saturated rings. The average molecular weight is 477 g/mol. The number of sulfonamides is 1. The van der Waals surface area contributed by atoms with Gasteiger partial charge in [-0.15, -0.1) is 0 Å². The van der Waals surface area contributed by atoms with Gasteiger partial charge in [0.25, 0.3) is 10.0 Å². The van der Waals surface area contributed by atoms with Gasteiger partial charge in [-0.2, -0.15) is 0 Å². The number of nitrogens with one attached hydrogen (secondary N) is 2. The van der Waals surface area contributed by atoms with E-state index in [0.29, 0.717) is 5.69 Å². The molecule has 0 radical (unpaired) electrons. The molecule has 2 rings (SSSR count). The van der Waals surface area contributed by atoms with Crippen LogP contribution in [0.4, 0.5) is 16.2 Å². The standard InChI is InChI=1S/C23H32N4O5S/c1-16-6-12-20(13-7-16)33(30,31)27(17(2)21(28)25-15-14-24)19-10-8-18(9-11-19)26-22(29)32-23(3,4)5/h6-13,17H,14-15,24H2,1-5H3,(H,25,28)(H,26,29)/t17-/m0/s1. The molecule has 0 heterocycles. The number of benzene rings is 2. The lowest BCUT2D eigenvalue weighted by Gasteiger charge is -2.30. The van der Waals surface area contributed by atoms with E-state index < -0.39 is 33.7 Å². The van der Waals surface area contributed by atoms with E-state index in [4.69, 9.17) is 10.5 Å². The number of hydrogen-bond donors (Lipinski definition) is 3. The van der Waals surface area contributed by atoms with Crippen molar-refractivity contribution in [3.8, 4) is 0 Å². The van der Waals surface area contributed by atoms with E-state index in [1.54, 1.807) is 45.0 Å². The van der Waals surface area contributed by atoms with Gasteiger partial charge in [-0.05, 0) is 71.0 Å². The normalized spacial score (nSPS) is 12.5. The molecule has 0 unspecified atom stereocenters. The summed E-state index contributed by atoms with van der Waals surface area (Å²) >= 11 is 0. The van der Waals surface area contributed by atoms with Crippen LogP contribution in [0.1, 0.15) is 33.3 Å². The van der Waals surface area contributed by atoms with Crippen LogP contribution in [0.15, 0.2) is 53.4 Å². The van der Waals surface area contributed by atoms with E-state index in [1.807, 2.05) is 6.92 Å². The molecular weight excluding hydrogens is 444 g/mol. The molecule has 2 aromatic carbocycles. The lowest BCUT2D eigenvalue weighted by Crippen LogP contribution is -2.49. The first-order chi connectivity index (χ1) is 15.3. The molecule has 0 spiro atoms. The fourth-order valence-corrected chi connectivity index (χ4v) is 4.58. The number of rotatable bonds is 8. The fraction of sp³-hybridized carbons (Fsp3) is 0.391. The predicted octanol–water partition coefficient (Wildman–Crippen LogP) is 3.00. The highest BCUT2D eigenvalue weighted by molar-refractivity contribution is 7.93. The van der Waals surface area contributed by atoms with Gasteiger partial charge in [-0.3, -0.25) is 14.4 Å². The quantitative estimate of drug-likeness (QED) is 0.537. The molecule has 0 aromatic heterocycles. The maximum Gasteiger partial charge on any atom is 0.412 e. The van der Waals surface area contributed by atoms with E-state index in [2.05, 4.69) is 10.6 Å². The highest BCUT2D eigenvalue weighted by Crippen LogP contribution is 2.28. The first-order valence-corrected chi connectivity index (χ1v) is 12.0. The second kappa shape index (κ2) is 10.7. The molecule has 9 nitrogen and oxygen atoms in total. The molecule has 0 aliphatic rings. The zero-order valence-corrected chi connectivity index (χ0v) is 20.4. The summed E-state index contributed by atoms with van der Waals surface area (Å²) in [7, 11) is -4.07. The Bertz CT molecular complexity index is 1060. The Morgan fingerprint density at radius 1 is 1.06 bits per heavy atom. The Morgan fingerprint density at radius 3 is 2.15 bits per heavy atom.